The first kappa shape index (κ1) is 8.62. The molecule has 10 heavy (non-hydrogen) atoms. The number of esters is 1. The maximum absolute atomic E-state index is 10.8. The van der Waals surface area contributed by atoms with Gasteiger partial charge >= 0.3 is 5.97 Å². The molecule has 0 spiro atoms. The lowest BCUT2D eigenvalue weighted by molar-refractivity contribution is -0.142. The number of thiol groups is 3. The van der Waals surface area contributed by atoms with Crippen LogP contribution in [0.5, 0.6) is 0 Å². The number of hydrogen-bond acceptors (Lipinski definition) is 5. The highest BCUT2D eigenvalue weighted by atomic mass is 32.2. The predicted octanol–water partition coefficient (Wildman–Crippen LogP) is 0.643. The van der Waals surface area contributed by atoms with Crippen molar-refractivity contribution in [3.05, 3.63) is 0 Å². The molecule has 58 valence electrons. The molecule has 0 aromatic carbocycles. The number of carbonyl (C=O) groups excluding carboxylic acids is 1. The molecule has 5 heteroatoms. The molecule has 1 rings (SSSR count). The summed E-state index contributed by atoms with van der Waals surface area (Å²) >= 11 is 12.3. The van der Waals surface area contributed by atoms with Gasteiger partial charge in [0.1, 0.15) is 0 Å². The van der Waals surface area contributed by atoms with Crippen molar-refractivity contribution in [1.29, 1.82) is 0 Å². The third kappa shape index (κ3) is 1.14. The second kappa shape index (κ2) is 2.53. The van der Waals surface area contributed by atoms with E-state index in [0.29, 0.717) is 0 Å². The fourth-order valence-corrected chi connectivity index (χ4v) is 2.10. The zero-order valence-corrected chi connectivity index (χ0v) is 8.00. The Labute approximate surface area is 75.9 Å². The summed E-state index contributed by atoms with van der Waals surface area (Å²) < 4.78 is 3.92. The van der Waals surface area contributed by atoms with Gasteiger partial charge in [0.05, 0.1) is 17.1 Å². The topological polar surface area (TPSA) is 26.3 Å². The van der Waals surface area contributed by atoms with Crippen LogP contribution >= 0.6 is 37.9 Å². The van der Waals surface area contributed by atoms with Crippen molar-refractivity contribution in [3.8, 4) is 0 Å². The van der Waals surface area contributed by atoms with Gasteiger partial charge in [-0.1, -0.05) is 0 Å². The second-order valence-corrected chi connectivity index (χ2v) is 4.62. The van der Waals surface area contributed by atoms with Crippen LogP contribution in [-0.4, -0.2) is 22.4 Å². The Morgan fingerprint density at radius 3 is 2.10 bits per heavy atom. The van der Waals surface area contributed by atoms with Crippen LogP contribution in [0.15, 0.2) is 0 Å². The lowest BCUT2D eigenvalue weighted by Gasteiger charge is -1.97. The number of ether oxygens (including phenoxy) is 1. The summed E-state index contributed by atoms with van der Waals surface area (Å²) in [6.07, 6.45) is 0. The summed E-state index contributed by atoms with van der Waals surface area (Å²) in [4.78, 5) is 10.8. The molecule has 0 N–H and O–H groups in total. The number of carbonyl (C=O) groups is 1. The van der Waals surface area contributed by atoms with E-state index in [4.69, 9.17) is 0 Å². The molecule has 0 heterocycles. The fourth-order valence-electron chi connectivity index (χ4n) is 0.773. The van der Waals surface area contributed by atoms with Gasteiger partial charge in [-0.25, -0.2) is 0 Å². The first-order chi connectivity index (χ1) is 4.51. The molecule has 0 amide bonds. The first-order valence-corrected chi connectivity index (χ1v) is 4.13. The molecule has 1 saturated carbocycles. The summed E-state index contributed by atoms with van der Waals surface area (Å²) in [5.74, 6) is -0.558. The Morgan fingerprint density at radius 2 is 2.00 bits per heavy atom. The van der Waals surface area contributed by atoms with Gasteiger partial charge in [0, 0.05) is 5.25 Å². The Kier molecular flexibility index (Phi) is 2.18. The van der Waals surface area contributed by atoms with Gasteiger partial charge in [-0.3, -0.25) is 4.79 Å². The van der Waals surface area contributed by atoms with Crippen LogP contribution in [0.3, 0.4) is 0 Å². The second-order valence-electron chi connectivity index (χ2n) is 2.23. The van der Waals surface area contributed by atoms with Crippen LogP contribution in [0, 0.1) is 5.92 Å². The summed E-state index contributed by atoms with van der Waals surface area (Å²) in [7, 11) is 1.35. The lowest BCUT2D eigenvalue weighted by Crippen LogP contribution is -2.07. The highest BCUT2D eigenvalue weighted by Crippen LogP contribution is 2.56. The third-order valence-electron chi connectivity index (χ3n) is 1.55. The molecule has 2 atom stereocenters. The maximum atomic E-state index is 10.8. The van der Waals surface area contributed by atoms with Gasteiger partial charge in [0.25, 0.3) is 0 Å². The van der Waals surface area contributed by atoms with Gasteiger partial charge in [-0.05, 0) is 0 Å². The van der Waals surface area contributed by atoms with Crippen molar-refractivity contribution in [1.82, 2.24) is 0 Å². The molecule has 1 fully saturated rings. The van der Waals surface area contributed by atoms with Crippen molar-refractivity contribution in [3.63, 3.8) is 0 Å². The number of hydrogen-bond donors (Lipinski definition) is 3. The Hall–Kier alpha value is 0.520. The van der Waals surface area contributed by atoms with E-state index >= 15 is 0 Å². The molecule has 2 nitrogen and oxygen atoms in total. The van der Waals surface area contributed by atoms with Crippen LogP contribution in [0.2, 0.25) is 0 Å². The van der Waals surface area contributed by atoms with E-state index in [9.17, 15) is 4.79 Å². The zero-order chi connectivity index (χ0) is 7.94. The normalized spacial score (nSPS) is 35.2. The average Bonchev–Trinajstić information content (AvgIpc) is 2.33. The van der Waals surface area contributed by atoms with Crippen LogP contribution in [0.25, 0.3) is 0 Å². The first-order valence-electron chi connectivity index (χ1n) is 2.72. The van der Waals surface area contributed by atoms with Crippen LogP contribution in [-0.2, 0) is 9.53 Å². The molecular formula is C5H8O2S3. The van der Waals surface area contributed by atoms with Crippen molar-refractivity contribution in [2.45, 2.75) is 9.33 Å². The molecule has 0 aliphatic heterocycles. The van der Waals surface area contributed by atoms with E-state index in [-0.39, 0.29) is 17.1 Å². The Bertz CT molecular complexity index is 168. The summed E-state index contributed by atoms with van der Waals surface area (Å²) in [6, 6.07) is 0. The summed E-state index contributed by atoms with van der Waals surface area (Å²) in [5.41, 5.74) is 0. The molecule has 0 bridgehead atoms. The number of methoxy groups -OCH3 is 1. The van der Waals surface area contributed by atoms with Gasteiger partial charge in [0.2, 0.25) is 0 Å². The van der Waals surface area contributed by atoms with Crippen molar-refractivity contribution >= 4 is 43.9 Å². The fraction of sp³-hybridized carbons (Fsp3) is 0.800. The molecule has 1 aliphatic rings. The van der Waals surface area contributed by atoms with Gasteiger partial charge in [-0.15, -0.1) is 0 Å². The minimum absolute atomic E-state index is 0.0911. The zero-order valence-electron chi connectivity index (χ0n) is 5.31. The van der Waals surface area contributed by atoms with E-state index in [2.05, 4.69) is 42.6 Å². The average molecular weight is 196 g/mol. The summed E-state index contributed by atoms with van der Waals surface area (Å²) in [5, 5.41) is -0.0911. The molecule has 0 aromatic heterocycles. The van der Waals surface area contributed by atoms with Gasteiger partial charge in [0.15, 0.2) is 0 Å². The SMILES string of the molecule is COC(=O)[C@@H]1[C@@H](S)C1(S)S. The quantitative estimate of drug-likeness (QED) is 0.326. The third-order valence-corrected chi connectivity index (χ3v) is 3.78. The minimum atomic E-state index is -0.573. The molecule has 1 aliphatic carbocycles. The maximum Gasteiger partial charge on any atom is 0.312 e. The van der Waals surface area contributed by atoms with E-state index in [0.717, 1.165) is 0 Å². The standard InChI is InChI=1S/C5H8O2S3/c1-7-4(6)2-3(8)5(2,9)10/h2-3,8-10H,1H3/t2-,3+/m0/s1. The van der Waals surface area contributed by atoms with Crippen molar-refractivity contribution in [2.75, 3.05) is 7.11 Å². The van der Waals surface area contributed by atoms with Crippen molar-refractivity contribution < 1.29 is 9.53 Å². The Balaban J connectivity index is 2.57. The minimum Gasteiger partial charge on any atom is -0.469 e. The highest BCUT2D eigenvalue weighted by Gasteiger charge is 2.63. The molecule has 0 aromatic rings. The summed E-state index contributed by atoms with van der Waals surface area (Å²) in [6.45, 7) is 0. The van der Waals surface area contributed by atoms with E-state index in [1.54, 1.807) is 0 Å². The smallest absolute Gasteiger partial charge is 0.312 e. The monoisotopic (exact) mass is 196 g/mol. The van der Waals surface area contributed by atoms with Crippen LogP contribution < -0.4 is 0 Å². The lowest BCUT2D eigenvalue weighted by atomic mass is 10.4. The van der Waals surface area contributed by atoms with Gasteiger partial charge in [-0.2, -0.15) is 37.9 Å². The van der Waals surface area contributed by atoms with E-state index < -0.39 is 4.08 Å². The highest BCUT2D eigenvalue weighted by molar-refractivity contribution is 8.03. The largest absolute Gasteiger partial charge is 0.469 e. The van der Waals surface area contributed by atoms with Crippen LogP contribution in [0.4, 0.5) is 0 Å². The molecule has 0 unspecified atom stereocenters. The Morgan fingerprint density at radius 1 is 1.60 bits per heavy atom. The van der Waals surface area contributed by atoms with E-state index in [1.807, 2.05) is 0 Å². The van der Waals surface area contributed by atoms with Crippen LogP contribution in [0.1, 0.15) is 0 Å². The number of rotatable bonds is 1. The molecule has 0 saturated heterocycles. The van der Waals surface area contributed by atoms with Crippen molar-refractivity contribution in [2.24, 2.45) is 5.92 Å². The molecular weight excluding hydrogens is 188 g/mol. The molecule has 0 radical (unpaired) electrons. The predicted molar refractivity (Wildman–Crippen MR) is 49.0 cm³/mol. The van der Waals surface area contributed by atoms with Gasteiger partial charge < -0.3 is 4.74 Å². The van der Waals surface area contributed by atoms with E-state index in [1.165, 1.54) is 7.11 Å².